The second kappa shape index (κ2) is 7.20. The number of nitrogens with zero attached hydrogens (tertiary/aromatic N) is 1. The Bertz CT molecular complexity index is 327. The molecule has 0 aromatic rings. The Morgan fingerprint density at radius 2 is 1.89 bits per heavy atom. The Hall–Kier alpha value is -1.30. The van der Waals surface area contributed by atoms with Crippen LogP contribution in [0.15, 0.2) is 0 Å². The molecule has 18 heavy (non-hydrogen) atoms. The zero-order valence-electron chi connectivity index (χ0n) is 10.4. The van der Waals surface area contributed by atoms with Crippen LogP contribution in [0.1, 0.15) is 19.8 Å². The maximum absolute atomic E-state index is 11.6. The molecule has 7 heteroatoms. The van der Waals surface area contributed by atoms with Crippen molar-refractivity contribution in [2.45, 2.75) is 19.8 Å². The number of urea groups is 1. The molecule has 0 aromatic heterocycles. The normalized spacial score (nSPS) is 16.2. The summed E-state index contributed by atoms with van der Waals surface area (Å²) in [6, 6.07) is -0.390. The lowest BCUT2D eigenvalue weighted by atomic mass is 9.97. The highest BCUT2D eigenvalue weighted by Gasteiger charge is 2.23. The van der Waals surface area contributed by atoms with Crippen LogP contribution in [-0.2, 0) is 9.59 Å². The Kier molecular flexibility index (Phi) is 5.91. The fourth-order valence-corrected chi connectivity index (χ4v) is 1.93. The Balaban J connectivity index is 2.28. The first-order valence-corrected chi connectivity index (χ1v) is 6.45. The smallest absolute Gasteiger partial charge is 0.324 e. The Morgan fingerprint density at radius 1 is 1.28 bits per heavy atom. The van der Waals surface area contributed by atoms with Crippen molar-refractivity contribution in [3.8, 4) is 0 Å². The van der Waals surface area contributed by atoms with Gasteiger partial charge in [-0.05, 0) is 18.8 Å². The zero-order valence-corrected chi connectivity index (χ0v) is 11.1. The van der Waals surface area contributed by atoms with Crippen LogP contribution in [0.2, 0.25) is 0 Å². The minimum Gasteiger partial charge on any atom is -0.356 e. The summed E-state index contributed by atoms with van der Waals surface area (Å²) < 4.78 is 0. The van der Waals surface area contributed by atoms with Gasteiger partial charge in [0.2, 0.25) is 11.8 Å². The minimum atomic E-state index is -0.484. The van der Waals surface area contributed by atoms with Crippen molar-refractivity contribution >= 4 is 29.4 Å². The highest BCUT2D eigenvalue weighted by atomic mass is 35.5. The van der Waals surface area contributed by atoms with Crippen LogP contribution < -0.4 is 10.6 Å². The summed E-state index contributed by atoms with van der Waals surface area (Å²) in [5.74, 6) is -0.350. The van der Waals surface area contributed by atoms with E-state index < -0.39 is 11.9 Å². The van der Waals surface area contributed by atoms with Gasteiger partial charge in [-0.15, -0.1) is 11.6 Å². The van der Waals surface area contributed by atoms with Crippen LogP contribution in [0, 0.1) is 5.92 Å². The van der Waals surface area contributed by atoms with Gasteiger partial charge in [0.05, 0.1) is 0 Å². The van der Waals surface area contributed by atoms with Crippen molar-refractivity contribution in [3.05, 3.63) is 0 Å². The molecule has 0 atom stereocenters. The molecule has 1 rings (SSSR count). The van der Waals surface area contributed by atoms with E-state index in [4.69, 9.17) is 11.6 Å². The van der Waals surface area contributed by atoms with Gasteiger partial charge < -0.3 is 10.2 Å². The van der Waals surface area contributed by atoms with Crippen LogP contribution in [0.3, 0.4) is 0 Å². The second-order valence-corrected chi connectivity index (χ2v) is 4.62. The minimum absolute atomic E-state index is 0.0390. The SMILES string of the molecule is CC(=O)NCC1CCN(C(=O)NC(=O)CCl)CC1. The van der Waals surface area contributed by atoms with Crippen molar-refractivity contribution in [3.63, 3.8) is 0 Å². The van der Waals surface area contributed by atoms with Crippen LogP contribution in [0.5, 0.6) is 0 Å². The quantitative estimate of drug-likeness (QED) is 0.728. The molecule has 1 saturated heterocycles. The molecule has 102 valence electrons. The van der Waals surface area contributed by atoms with Gasteiger partial charge >= 0.3 is 6.03 Å². The fourth-order valence-electron chi connectivity index (χ4n) is 1.86. The molecule has 1 aliphatic heterocycles. The molecule has 0 radical (unpaired) electrons. The topological polar surface area (TPSA) is 78.5 Å². The molecule has 0 aliphatic carbocycles. The molecule has 2 N–H and O–H groups in total. The third-order valence-corrected chi connectivity index (χ3v) is 3.15. The van der Waals surface area contributed by atoms with Gasteiger partial charge in [0.1, 0.15) is 5.88 Å². The molecule has 0 unspecified atom stereocenters. The first kappa shape index (κ1) is 14.8. The molecule has 1 heterocycles. The third-order valence-electron chi connectivity index (χ3n) is 2.91. The van der Waals surface area contributed by atoms with Crippen molar-refractivity contribution in [2.24, 2.45) is 5.92 Å². The molecule has 1 fully saturated rings. The lowest BCUT2D eigenvalue weighted by Gasteiger charge is -2.31. The average molecular weight is 276 g/mol. The summed E-state index contributed by atoms with van der Waals surface area (Å²) in [5.41, 5.74) is 0. The molecule has 4 amide bonds. The highest BCUT2D eigenvalue weighted by Crippen LogP contribution is 2.16. The number of carbonyl (C=O) groups is 3. The summed E-state index contributed by atoms with van der Waals surface area (Å²) in [4.78, 5) is 34.9. The third kappa shape index (κ3) is 4.91. The summed E-state index contributed by atoms with van der Waals surface area (Å²) in [6.07, 6.45) is 1.64. The second-order valence-electron chi connectivity index (χ2n) is 4.35. The van der Waals surface area contributed by atoms with Crippen LogP contribution in [0.25, 0.3) is 0 Å². The summed E-state index contributed by atoms with van der Waals surface area (Å²) in [5, 5.41) is 4.98. The molecule has 0 saturated carbocycles. The van der Waals surface area contributed by atoms with Gasteiger partial charge in [-0.1, -0.05) is 0 Å². The maximum atomic E-state index is 11.6. The standard InChI is InChI=1S/C11H18ClN3O3/c1-8(16)13-7-9-2-4-15(5-3-9)11(18)14-10(17)6-12/h9H,2-7H2,1H3,(H,13,16)(H,14,17,18). The van der Waals surface area contributed by atoms with E-state index >= 15 is 0 Å². The number of likely N-dealkylation sites (tertiary alicyclic amines) is 1. The lowest BCUT2D eigenvalue weighted by molar-refractivity contribution is -0.119. The molecular weight excluding hydrogens is 258 g/mol. The van der Waals surface area contributed by atoms with E-state index in [2.05, 4.69) is 10.6 Å². The van der Waals surface area contributed by atoms with E-state index in [1.54, 1.807) is 4.90 Å². The van der Waals surface area contributed by atoms with Crippen molar-refractivity contribution in [1.82, 2.24) is 15.5 Å². The van der Waals surface area contributed by atoms with Gasteiger partial charge in [-0.3, -0.25) is 14.9 Å². The van der Waals surface area contributed by atoms with Gasteiger partial charge in [-0.2, -0.15) is 0 Å². The molecule has 0 bridgehead atoms. The number of alkyl halides is 1. The number of carbonyl (C=O) groups excluding carboxylic acids is 3. The van der Waals surface area contributed by atoms with Crippen LogP contribution >= 0.6 is 11.6 Å². The van der Waals surface area contributed by atoms with Gasteiger partial charge in [0.15, 0.2) is 0 Å². The fraction of sp³-hybridized carbons (Fsp3) is 0.727. The van der Waals surface area contributed by atoms with Crippen molar-refractivity contribution in [2.75, 3.05) is 25.5 Å². The average Bonchev–Trinajstić information content (AvgIpc) is 2.36. The lowest BCUT2D eigenvalue weighted by Crippen LogP contribution is -2.47. The maximum Gasteiger partial charge on any atom is 0.324 e. The first-order valence-electron chi connectivity index (χ1n) is 5.92. The number of hydrogen-bond donors (Lipinski definition) is 2. The number of piperidine rings is 1. The van der Waals surface area contributed by atoms with Gasteiger partial charge in [0.25, 0.3) is 0 Å². The van der Waals surface area contributed by atoms with Gasteiger partial charge in [-0.25, -0.2) is 4.79 Å². The zero-order chi connectivity index (χ0) is 13.5. The van der Waals surface area contributed by atoms with E-state index in [1.165, 1.54) is 6.92 Å². The van der Waals surface area contributed by atoms with Gasteiger partial charge in [0, 0.05) is 26.6 Å². The van der Waals surface area contributed by atoms with Crippen molar-refractivity contribution in [1.29, 1.82) is 0 Å². The monoisotopic (exact) mass is 275 g/mol. The van der Waals surface area contributed by atoms with E-state index in [0.717, 1.165) is 12.8 Å². The van der Waals surface area contributed by atoms with Crippen LogP contribution in [-0.4, -0.2) is 48.3 Å². The number of rotatable bonds is 3. The van der Waals surface area contributed by atoms with E-state index in [1.807, 2.05) is 0 Å². The summed E-state index contributed by atoms with van der Waals surface area (Å²) in [6.45, 7) is 3.31. The number of imide groups is 1. The predicted molar refractivity (Wildman–Crippen MR) is 67.2 cm³/mol. The summed E-state index contributed by atoms with van der Waals surface area (Å²) >= 11 is 5.31. The van der Waals surface area contributed by atoms with Crippen molar-refractivity contribution < 1.29 is 14.4 Å². The number of amides is 4. The van der Waals surface area contributed by atoms with E-state index in [9.17, 15) is 14.4 Å². The first-order chi connectivity index (χ1) is 8.52. The Morgan fingerprint density at radius 3 is 2.39 bits per heavy atom. The number of nitrogens with one attached hydrogen (secondary N) is 2. The molecule has 1 aliphatic rings. The van der Waals surface area contributed by atoms with E-state index in [-0.39, 0.29) is 11.8 Å². The molecular formula is C11H18ClN3O3. The van der Waals surface area contributed by atoms with E-state index in [0.29, 0.717) is 25.6 Å². The molecule has 0 aromatic carbocycles. The molecule has 0 spiro atoms. The number of hydrogen-bond acceptors (Lipinski definition) is 3. The van der Waals surface area contributed by atoms with Crippen LogP contribution in [0.4, 0.5) is 4.79 Å². The Labute approximate surface area is 111 Å². The molecule has 6 nitrogen and oxygen atoms in total. The predicted octanol–water partition coefficient (Wildman–Crippen LogP) is 0.309. The highest BCUT2D eigenvalue weighted by molar-refractivity contribution is 6.28. The summed E-state index contributed by atoms with van der Waals surface area (Å²) in [7, 11) is 0. The largest absolute Gasteiger partial charge is 0.356 e. The number of halogens is 1.